The number of para-hydroxylation sites is 1. The molecule has 2 bridgehead atoms. The molecule has 0 saturated heterocycles. The maximum Gasteiger partial charge on any atom is 0.257 e. The van der Waals surface area contributed by atoms with E-state index in [-0.39, 0.29) is 11.9 Å². The highest BCUT2D eigenvalue weighted by atomic mass is 16.5. The molecule has 5 nitrogen and oxygen atoms in total. The molecule has 2 saturated carbocycles. The first-order chi connectivity index (χ1) is 12.6. The first-order valence-electron chi connectivity index (χ1n) is 9.49. The Kier molecular flexibility index (Phi) is 4.47. The Bertz CT molecular complexity index is 813. The van der Waals surface area contributed by atoms with Crippen LogP contribution in [0.5, 0.6) is 5.75 Å². The molecule has 2 fully saturated rings. The van der Waals surface area contributed by atoms with Gasteiger partial charge >= 0.3 is 0 Å². The van der Waals surface area contributed by atoms with E-state index in [0.717, 1.165) is 17.4 Å². The van der Waals surface area contributed by atoms with E-state index in [2.05, 4.69) is 17.4 Å². The Labute approximate surface area is 154 Å². The number of carbonyl (C=O) groups excluding carboxylic acids is 1. The van der Waals surface area contributed by atoms with Gasteiger partial charge in [0.1, 0.15) is 22.8 Å². The monoisotopic (exact) mass is 354 g/mol. The van der Waals surface area contributed by atoms with Crippen LogP contribution in [-0.2, 0) is 0 Å². The number of aromatic nitrogens is 1. The maximum atomic E-state index is 13.0. The number of carbonyl (C=O) groups is 1. The number of nitrogens with zero attached hydrogens (tertiary/aromatic N) is 1. The Hall–Kier alpha value is -2.30. The van der Waals surface area contributed by atoms with E-state index >= 15 is 0 Å². The lowest BCUT2D eigenvalue weighted by Gasteiger charge is -2.28. The number of benzene rings is 1. The van der Waals surface area contributed by atoms with Crippen molar-refractivity contribution in [2.75, 3.05) is 7.11 Å². The average molecular weight is 354 g/mol. The summed E-state index contributed by atoms with van der Waals surface area (Å²) in [5, 5.41) is 7.36. The number of hydrogen-bond donors (Lipinski definition) is 1. The Morgan fingerprint density at radius 1 is 1.31 bits per heavy atom. The summed E-state index contributed by atoms with van der Waals surface area (Å²) in [5.41, 5.74) is 1.81. The molecule has 2 aliphatic rings. The second kappa shape index (κ2) is 6.78. The topological polar surface area (TPSA) is 64.4 Å². The van der Waals surface area contributed by atoms with Crippen LogP contribution in [0.2, 0.25) is 0 Å². The lowest BCUT2D eigenvalue weighted by atomic mass is 9.84. The minimum atomic E-state index is -0.111. The maximum absolute atomic E-state index is 13.0. The van der Waals surface area contributed by atoms with Gasteiger partial charge in [-0.1, -0.05) is 23.7 Å². The summed E-state index contributed by atoms with van der Waals surface area (Å²) < 4.78 is 10.8. The molecule has 0 spiro atoms. The van der Waals surface area contributed by atoms with E-state index in [9.17, 15) is 4.79 Å². The molecule has 1 N–H and O–H groups in total. The van der Waals surface area contributed by atoms with Gasteiger partial charge in [0, 0.05) is 11.6 Å². The first kappa shape index (κ1) is 17.1. The van der Waals surface area contributed by atoms with Crippen molar-refractivity contribution >= 4 is 5.91 Å². The van der Waals surface area contributed by atoms with Crippen molar-refractivity contribution in [3.05, 3.63) is 35.6 Å². The van der Waals surface area contributed by atoms with Gasteiger partial charge in [-0.05, 0) is 63.0 Å². The number of rotatable bonds is 5. The molecule has 1 amide bonds. The predicted molar refractivity (Wildman–Crippen MR) is 99.1 cm³/mol. The Morgan fingerprint density at radius 3 is 2.81 bits per heavy atom. The van der Waals surface area contributed by atoms with Gasteiger partial charge in [-0.15, -0.1) is 0 Å². The van der Waals surface area contributed by atoms with Gasteiger partial charge in [-0.2, -0.15) is 0 Å². The summed E-state index contributed by atoms with van der Waals surface area (Å²) in [6.07, 6.45) is 5.26. The van der Waals surface area contributed by atoms with E-state index < -0.39 is 0 Å². The van der Waals surface area contributed by atoms with Crippen LogP contribution in [0.4, 0.5) is 0 Å². The summed E-state index contributed by atoms with van der Waals surface area (Å²) in [4.78, 5) is 13.0. The summed E-state index contributed by atoms with van der Waals surface area (Å²) in [5.74, 6) is 3.32. The molecule has 5 heteroatoms. The number of fused-ring (bicyclic) bond motifs is 2. The highest BCUT2D eigenvalue weighted by molar-refractivity contribution is 6.01. The molecular formula is C21H26N2O3. The summed E-state index contributed by atoms with van der Waals surface area (Å²) >= 11 is 0. The summed E-state index contributed by atoms with van der Waals surface area (Å²) in [6, 6.07) is 7.72. The number of nitrogens with one attached hydrogen (secondary N) is 1. The normalized spacial score (nSPS) is 25.3. The van der Waals surface area contributed by atoms with Gasteiger partial charge in [-0.25, -0.2) is 0 Å². The van der Waals surface area contributed by atoms with Crippen molar-refractivity contribution in [2.24, 2.45) is 17.8 Å². The molecule has 2 aromatic rings. The van der Waals surface area contributed by atoms with Gasteiger partial charge in [0.05, 0.1) is 7.11 Å². The fourth-order valence-corrected chi connectivity index (χ4v) is 4.96. The van der Waals surface area contributed by atoms with E-state index in [4.69, 9.17) is 9.26 Å². The standard InChI is InChI=1S/C21H26N2O3/c1-12(17-11-14-8-9-15(17)10-14)22-21(24)19-13(2)26-23-20(19)16-6-4-5-7-18(16)25-3/h4-7,12,14-15,17H,8-11H2,1-3H3,(H,22,24)/t12-,14+,15+,17+/m1/s1. The number of aryl methyl sites for hydroxylation is 1. The summed E-state index contributed by atoms with van der Waals surface area (Å²) in [7, 11) is 1.61. The van der Waals surface area contributed by atoms with Crippen LogP contribution in [-0.4, -0.2) is 24.2 Å². The van der Waals surface area contributed by atoms with Crippen LogP contribution in [0.25, 0.3) is 11.3 Å². The zero-order valence-corrected chi connectivity index (χ0v) is 15.6. The Balaban J connectivity index is 1.58. The predicted octanol–water partition coefficient (Wildman–Crippen LogP) is 4.21. The second-order valence-electron chi connectivity index (χ2n) is 7.76. The van der Waals surface area contributed by atoms with E-state index in [1.165, 1.54) is 25.7 Å². The molecule has 2 aliphatic carbocycles. The van der Waals surface area contributed by atoms with E-state index in [1.807, 2.05) is 24.3 Å². The van der Waals surface area contributed by atoms with Crippen molar-refractivity contribution in [1.29, 1.82) is 0 Å². The minimum Gasteiger partial charge on any atom is -0.496 e. The van der Waals surface area contributed by atoms with Crippen molar-refractivity contribution in [1.82, 2.24) is 10.5 Å². The molecule has 1 aromatic heterocycles. The van der Waals surface area contributed by atoms with Gasteiger partial charge in [-0.3, -0.25) is 4.79 Å². The zero-order valence-electron chi connectivity index (χ0n) is 15.6. The van der Waals surface area contributed by atoms with Gasteiger partial charge < -0.3 is 14.6 Å². The number of amides is 1. The third kappa shape index (κ3) is 2.89. The van der Waals surface area contributed by atoms with Crippen molar-refractivity contribution < 1.29 is 14.1 Å². The lowest BCUT2D eigenvalue weighted by Crippen LogP contribution is -2.40. The fourth-order valence-electron chi connectivity index (χ4n) is 4.96. The average Bonchev–Trinajstić information content (AvgIpc) is 3.36. The number of hydrogen-bond acceptors (Lipinski definition) is 4. The van der Waals surface area contributed by atoms with Crippen molar-refractivity contribution in [3.63, 3.8) is 0 Å². The van der Waals surface area contributed by atoms with Gasteiger partial charge in [0.15, 0.2) is 0 Å². The molecule has 0 aliphatic heterocycles. The second-order valence-corrected chi connectivity index (χ2v) is 7.76. The van der Waals surface area contributed by atoms with Crippen LogP contribution >= 0.6 is 0 Å². The molecule has 1 heterocycles. The first-order valence-corrected chi connectivity index (χ1v) is 9.49. The minimum absolute atomic E-state index is 0.111. The SMILES string of the molecule is COc1ccccc1-c1noc(C)c1C(=O)N[C@H](C)[C@@H]1C[C@H]2CC[C@H]1C2. The summed E-state index contributed by atoms with van der Waals surface area (Å²) in [6.45, 7) is 3.91. The van der Waals surface area contributed by atoms with Crippen LogP contribution in [0, 0.1) is 24.7 Å². The van der Waals surface area contributed by atoms with Crippen molar-refractivity contribution in [2.45, 2.75) is 45.6 Å². The fraction of sp³-hybridized carbons (Fsp3) is 0.524. The smallest absolute Gasteiger partial charge is 0.257 e. The van der Waals surface area contributed by atoms with Crippen LogP contribution < -0.4 is 10.1 Å². The highest BCUT2D eigenvalue weighted by Gasteiger charge is 2.42. The van der Waals surface area contributed by atoms with Crippen LogP contribution in [0.15, 0.2) is 28.8 Å². The molecule has 1 aromatic carbocycles. The highest BCUT2D eigenvalue weighted by Crippen LogP contribution is 2.49. The van der Waals surface area contributed by atoms with Crippen molar-refractivity contribution in [3.8, 4) is 17.0 Å². The molecule has 4 atom stereocenters. The molecule has 138 valence electrons. The molecular weight excluding hydrogens is 328 g/mol. The third-order valence-corrected chi connectivity index (χ3v) is 6.25. The lowest BCUT2D eigenvalue weighted by molar-refractivity contribution is 0.0914. The largest absolute Gasteiger partial charge is 0.496 e. The van der Waals surface area contributed by atoms with Gasteiger partial charge in [0.25, 0.3) is 5.91 Å². The number of ether oxygens (including phenoxy) is 1. The Morgan fingerprint density at radius 2 is 2.12 bits per heavy atom. The molecule has 0 unspecified atom stereocenters. The molecule has 26 heavy (non-hydrogen) atoms. The van der Waals surface area contributed by atoms with E-state index in [0.29, 0.717) is 28.7 Å². The zero-order chi connectivity index (χ0) is 18.3. The quantitative estimate of drug-likeness (QED) is 0.873. The van der Waals surface area contributed by atoms with Crippen LogP contribution in [0.1, 0.15) is 48.7 Å². The molecule has 4 rings (SSSR count). The molecule has 0 radical (unpaired) electrons. The third-order valence-electron chi connectivity index (χ3n) is 6.25. The van der Waals surface area contributed by atoms with Gasteiger partial charge in [0.2, 0.25) is 0 Å². The number of methoxy groups -OCH3 is 1. The van der Waals surface area contributed by atoms with Crippen LogP contribution in [0.3, 0.4) is 0 Å². The van der Waals surface area contributed by atoms with E-state index in [1.54, 1.807) is 14.0 Å².